The fourth-order valence-corrected chi connectivity index (χ4v) is 9.50. The smallest absolute Gasteiger partial charge is 0.337 e. The Bertz CT molecular complexity index is 2360. The van der Waals surface area contributed by atoms with Gasteiger partial charge in [0.2, 0.25) is 25.4 Å². The minimum absolute atomic E-state index is 0.0234. The summed E-state index contributed by atoms with van der Waals surface area (Å²) in [6, 6.07) is 33.0. The molecule has 2 aliphatic carbocycles. The number of ketones is 1. The van der Waals surface area contributed by atoms with Gasteiger partial charge < -0.3 is 24.1 Å². The standard InChI is InChI=1S/C42H26ClNO9/c43-28-14-13-26(19-27(28)39(47)48)44-37(45)35-36(38(44)46)42(25-9-5-2-6-10-25)34(23-12-16-30-32(18-23)53-21-51-30)33(22-11-15-29-31(17-22)52-20-50-29)41(35,40(42)49)24-7-3-1-4-8-24/h1-19,35-36H,20-21H2,(H,47,48)/t35-,36+,41-,42+. The Labute approximate surface area is 306 Å². The predicted molar refractivity (Wildman–Crippen MR) is 191 cm³/mol. The van der Waals surface area contributed by atoms with Crippen molar-refractivity contribution in [2.24, 2.45) is 11.8 Å². The molecule has 2 amide bonds. The highest BCUT2D eigenvalue weighted by Crippen LogP contribution is 2.74. The molecule has 0 spiro atoms. The highest BCUT2D eigenvalue weighted by Gasteiger charge is 2.82. The second kappa shape index (κ2) is 11.1. The normalized spacial score (nSPS) is 24.7. The Morgan fingerprint density at radius 2 is 1.09 bits per heavy atom. The van der Waals surface area contributed by atoms with Crippen LogP contribution in [0.3, 0.4) is 0 Å². The molecule has 5 aliphatic rings. The van der Waals surface area contributed by atoms with E-state index in [4.69, 9.17) is 30.5 Å². The lowest BCUT2D eigenvalue weighted by Crippen LogP contribution is -2.45. The molecule has 4 atom stereocenters. The van der Waals surface area contributed by atoms with Crippen LogP contribution in [0.25, 0.3) is 11.1 Å². The lowest BCUT2D eigenvalue weighted by molar-refractivity contribution is -0.130. The van der Waals surface area contributed by atoms with Gasteiger partial charge in [-0.25, -0.2) is 9.69 Å². The van der Waals surface area contributed by atoms with E-state index in [1.54, 1.807) is 12.1 Å². The van der Waals surface area contributed by atoms with E-state index >= 15 is 14.4 Å². The van der Waals surface area contributed by atoms with Crippen LogP contribution in [0.4, 0.5) is 5.69 Å². The lowest BCUT2D eigenvalue weighted by Gasteiger charge is -2.39. The molecule has 0 unspecified atom stereocenters. The number of allylic oxidation sites excluding steroid dienone is 2. The molecule has 2 fully saturated rings. The Balaban J connectivity index is 1.35. The third-order valence-electron chi connectivity index (χ3n) is 11.2. The molecule has 53 heavy (non-hydrogen) atoms. The summed E-state index contributed by atoms with van der Waals surface area (Å²) >= 11 is 6.24. The highest BCUT2D eigenvalue weighted by atomic mass is 35.5. The second-order valence-corrected chi connectivity index (χ2v) is 13.9. The van der Waals surface area contributed by atoms with Gasteiger partial charge in [0, 0.05) is 0 Å². The van der Waals surface area contributed by atoms with Crippen molar-refractivity contribution >= 4 is 52.0 Å². The van der Waals surface area contributed by atoms with Crippen LogP contribution in [0.5, 0.6) is 23.0 Å². The van der Waals surface area contributed by atoms with Gasteiger partial charge in [-0.3, -0.25) is 14.4 Å². The Hall–Kier alpha value is -6.39. The van der Waals surface area contributed by atoms with Gasteiger partial charge in [0.15, 0.2) is 28.8 Å². The van der Waals surface area contributed by atoms with E-state index in [1.165, 1.54) is 18.2 Å². The third kappa shape index (κ3) is 3.93. The zero-order chi connectivity index (χ0) is 36.2. The van der Waals surface area contributed by atoms with Crippen molar-refractivity contribution in [2.45, 2.75) is 10.8 Å². The quantitative estimate of drug-likeness (QED) is 0.191. The van der Waals surface area contributed by atoms with E-state index in [0.29, 0.717) is 56.4 Å². The number of Topliss-reactive ketones (excluding diaryl/α,β-unsaturated/α-hetero) is 1. The number of fused-ring (bicyclic) bond motifs is 7. The lowest BCUT2D eigenvalue weighted by atomic mass is 9.59. The zero-order valence-corrected chi connectivity index (χ0v) is 28.3. The van der Waals surface area contributed by atoms with Crippen molar-refractivity contribution in [1.29, 1.82) is 0 Å². The van der Waals surface area contributed by atoms with Crippen LogP contribution in [0.1, 0.15) is 32.6 Å². The fraction of sp³-hybridized carbons (Fsp3) is 0.143. The van der Waals surface area contributed by atoms with E-state index in [9.17, 15) is 9.90 Å². The number of carboxylic acid groups (broad SMARTS) is 1. The molecular weight excluding hydrogens is 698 g/mol. The van der Waals surface area contributed by atoms with E-state index in [-0.39, 0.29) is 35.6 Å². The molecule has 5 aromatic carbocycles. The van der Waals surface area contributed by atoms with E-state index in [1.807, 2.05) is 84.9 Å². The molecule has 3 heterocycles. The highest BCUT2D eigenvalue weighted by molar-refractivity contribution is 6.39. The number of nitrogens with zero attached hydrogens (tertiary/aromatic N) is 1. The van der Waals surface area contributed by atoms with E-state index < -0.39 is 40.4 Å². The molecule has 2 bridgehead atoms. The Kier molecular flexibility index (Phi) is 6.54. The number of halogens is 1. The summed E-state index contributed by atoms with van der Waals surface area (Å²) in [7, 11) is 0. The van der Waals surface area contributed by atoms with Gasteiger partial charge in [0.25, 0.3) is 0 Å². The molecule has 1 saturated carbocycles. The van der Waals surface area contributed by atoms with Gasteiger partial charge in [0.05, 0.1) is 38.9 Å². The second-order valence-electron chi connectivity index (χ2n) is 13.5. The molecular formula is C42H26ClNO9. The molecule has 10 rings (SSSR count). The molecule has 260 valence electrons. The number of carbonyl (C=O) groups excluding carboxylic acids is 3. The molecule has 10 nitrogen and oxygen atoms in total. The maximum absolute atomic E-state index is 16.2. The number of benzene rings is 5. The molecule has 0 aromatic heterocycles. The summed E-state index contributed by atoms with van der Waals surface area (Å²) in [6.07, 6.45) is 0. The summed E-state index contributed by atoms with van der Waals surface area (Å²) in [6.45, 7) is 0.0469. The average molecular weight is 724 g/mol. The van der Waals surface area contributed by atoms with Crippen LogP contribution in [0.2, 0.25) is 5.02 Å². The average Bonchev–Trinajstić information content (AvgIpc) is 3.99. The maximum atomic E-state index is 16.2. The van der Waals surface area contributed by atoms with Gasteiger partial charge in [-0.1, -0.05) is 84.4 Å². The number of carboxylic acids is 1. The maximum Gasteiger partial charge on any atom is 0.337 e. The van der Waals surface area contributed by atoms with Crippen molar-refractivity contribution in [3.8, 4) is 23.0 Å². The molecule has 3 aliphatic heterocycles. The van der Waals surface area contributed by atoms with Crippen LogP contribution in [-0.2, 0) is 25.2 Å². The predicted octanol–water partition coefficient (Wildman–Crippen LogP) is 6.68. The van der Waals surface area contributed by atoms with E-state index in [2.05, 4.69) is 0 Å². The van der Waals surface area contributed by atoms with Gasteiger partial charge in [-0.2, -0.15) is 0 Å². The number of amides is 2. The molecule has 5 aromatic rings. The number of carbonyl (C=O) groups is 4. The first-order valence-electron chi connectivity index (χ1n) is 16.9. The summed E-state index contributed by atoms with van der Waals surface area (Å²) in [5.41, 5.74) is -0.265. The fourth-order valence-electron chi connectivity index (χ4n) is 9.30. The minimum Gasteiger partial charge on any atom is -0.478 e. The summed E-state index contributed by atoms with van der Waals surface area (Å²) < 4.78 is 23.0. The third-order valence-corrected chi connectivity index (χ3v) is 11.5. The summed E-state index contributed by atoms with van der Waals surface area (Å²) in [5, 5.41) is 9.88. The van der Waals surface area contributed by atoms with Gasteiger partial charge in [-0.05, 0) is 75.9 Å². The van der Waals surface area contributed by atoms with Gasteiger partial charge in [-0.15, -0.1) is 0 Å². The molecule has 11 heteroatoms. The minimum atomic E-state index is -1.70. The monoisotopic (exact) mass is 723 g/mol. The SMILES string of the molecule is O=C(O)c1cc(N2C(=O)[C@@H]3[C@H](C2=O)[C@]2(c4ccccc4)C(=O)[C@@]3(c3ccccc3)C(c3ccc4c(c3)OCO4)=C2c2ccc3c(c2)OCO3)ccc1Cl. The number of imide groups is 1. The van der Waals surface area contributed by atoms with Crippen LogP contribution < -0.4 is 23.8 Å². The molecule has 1 saturated heterocycles. The summed E-state index contributed by atoms with van der Waals surface area (Å²) in [4.78, 5) is 60.0. The Morgan fingerprint density at radius 3 is 1.57 bits per heavy atom. The first-order valence-corrected chi connectivity index (χ1v) is 17.3. The van der Waals surface area contributed by atoms with Crippen LogP contribution in [-0.4, -0.2) is 42.3 Å². The molecule has 0 radical (unpaired) electrons. The Morgan fingerprint density at radius 1 is 0.623 bits per heavy atom. The topological polar surface area (TPSA) is 129 Å². The van der Waals surface area contributed by atoms with E-state index in [0.717, 1.165) is 4.90 Å². The number of aromatic carboxylic acids is 1. The summed E-state index contributed by atoms with van der Waals surface area (Å²) in [5.74, 6) is -3.33. The first kappa shape index (κ1) is 31.4. The van der Waals surface area contributed by atoms with Crippen molar-refractivity contribution < 1.29 is 43.2 Å². The zero-order valence-electron chi connectivity index (χ0n) is 27.6. The van der Waals surface area contributed by atoms with Crippen molar-refractivity contribution in [1.82, 2.24) is 0 Å². The van der Waals surface area contributed by atoms with Crippen molar-refractivity contribution in [3.63, 3.8) is 0 Å². The first-order chi connectivity index (χ1) is 25.8. The van der Waals surface area contributed by atoms with Crippen LogP contribution in [0, 0.1) is 11.8 Å². The van der Waals surface area contributed by atoms with Crippen LogP contribution >= 0.6 is 11.6 Å². The molecule has 1 N–H and O–H groups in total. The van der Waals surface area contributed by atoms with Crippen molar-refractivity contribution in [2.75, 3.05) is 18.5 Å². The van der Waals surface area contributed by atoms with Crippen LogP contribution in [0.15, 0.2) is 115 Å². The number of ether oxygens (including phenoxy) is 4. The van der Waals surface area contributed by atoms with Crippen molar-refractivity contribution in [3.05, 3.63) is 148 Å². The number of hydrogen-bond donors (Lipinski definition) is 1. The number of rotatable bonds is 6. The number of hydrogen-bond acceptors (Lipinski definition) is 8. The number of anilines is 1. The van der Waals surface area contributed by atoms with Gasteiger partial charge >= 0.3 is 5.97 Å². The van der Waals surface area contributed by atoms with Gasteiger partial charge in [0.1, 0.15) is 0 Å². The largest absolute Gasteiger partial charge is 0.478 e.